The van der Waals surface area contributed by atoms with E-state index in [4.69, 9.17) is 5.84 Å². The van der Waals surface area contributed by atoms with Crippen molar-refractivity contribution >= 4 is 0 Å². The SMILES string of the molecule is CCCc1cccc(C(NN)c2ccc(C)c(C)c2)c1. The summed E-state index contributed by atoms with van der Waals surface area (Å²) in [5.74, 6) is 5.80. The van der Waals surface area contributed by atoms with Crippen LogP contribution in [-0.4, -0.2) is 0 Å². The van der Waals surface area contributed by atoms with Crippen molar-refractivity contribution in [1.29, 1.82) is 0 Å². The number of nitrogens with one attached hydrogen (secondary N) is 1. The number of hydrazine groups is 1. The van der Waals surface area contributed by atoms with Crippen LogP contribution in [0.15, 0.2) is 42.5 Å². The Bertz CT molecular complexity index is 575. The van der Waals surface area contributed by atoms with Gasteiger partial charge in [0, 0.05) is 0 Å². The van der Waals surface area contributed by atoms with E-state index in [0.29, 0.717) is 0 Å². The first-order chi connectivity index (χ1) is 9.65. The molecule has 0 aliphatic carbocycles. The van der Waals surface area contributed by atoms with Gasteiger partial charge in [-0.05, 0) is 48.1 Å². The van der Waals surface area contributed by atoms with Crippen molar-refractivity contribution < 1.29 is 0 Å². The molecule has 106 valence electrons. The smallest absolute Gasteiger partial charge is 0.0710 e. The Morgan fingerprint density at radius 3 is 2.40 bits per heavy atom. The number of hydrogen-bond donors (Lipinski definition) is 2. The fraction of sp³-hybridized carbons (Fsp3) is 0.333. The summed E-state index contributed by atoms with van der Waals surface area (Å²) in [7, 11) is 0. The summed E-state index contributed by atoms with van der Waals surface area (Å²) in [5, 5.41) is 0. The summed E-state index contributed by atoms with van der Waals surface area (Å²) in [5.41, 5.74) is 9.36. The van der Waals surface area contributed by atoms with E-state index in [2.05, 4.69) is 68.7 Å². The van der Waals surface area contributed by atoms with Crippen LogP contribution in [0.4, 0.5) is 0 Å². The number of rotatable bonds is 5. The molecule has 0 fully saturated rings. The molecule has 2 rings (SSSR count). The highest BCUT2D eigenvalue weighted by molar-refractivity contribution is 5.38. The van der Waals surface area contributed by atoms with Gasteiger partial charge in [0.15, 0.2) is 0 Å². The molecular formula is C18H24N2. The first-order valence-electron chi connectivity index (χ1n) is 7.27. The molecule has 2 aromatic carbocycles. The second-order valence-electron chi connectivity index (χ2n) is 5.44. The molecule has 0 aliphatic rings. The van der Waals surface area contributed by atoms with Crippen LogP contribution in [0.1, 0.15) is 47.2 Å². The Hall–Kier alpha value is -1.64. The lowest BCUT2D eigenvalue weighted by Gasteiger charge is -2.19. The summed E-state index contributed by atoms with van der Waals surface area (Å²) in [4.78, 5) is 0. The Balaban J connectivity index is 2.36. The summed E-state index contributed by atoms with van der Waals surface area (Å²) in [6, 6.07) is 15.3. The summed E-state index contributed by atoms with van der Waals surface area (Å²) in [6.45, 7) is 6.47. The number of hydrogen-bond acceptors (Lipinski definition) is 2. The molecule has 0 bridgehead atoms. The van der Waals surface area contributed by atoms with E-state index in [1.54, 1.807) is 0 Å². The first kappa shape index (κ1) is 14.8. The average molecular weight is 268 g/mol. The van der Waals surface area contributed by atoms with Crippen LogP contribution in [0.2, 0.25) is 0 Å². The van der Waals surface area contributed by atoms with E-state index in [1.165, 1.54) is 27.8 Å². The Kier molecular flexibility index (Phi) is 4.94. The minimum Gasteiger partial charge on any atom is -0.271 e. The molecule has 2 nitrogen and oxygen atoms in total. The van der Waals surface area contributed by atoms with E-state index < -0.39 is 0 Å². The van der Waals surface area contributed by atoms with Gasteiger partial charge in [-0.2, -0.15) is 0 Å². The quantitative estimate of drug-likeness (QED) is 0.639. The van der Waals surface area contributed by atoms with E-state index >= 15 is 0 Å². The molecular weight excluding hydrogens is 244 g/mol. The predicted molar refractivity (Wildman–Crippen MR) is 85.5 cm³/mol. The highest BCUT2D eigenvalue weighted by Crippen LogP contribution is 2.24. The molecule has 2 heteroatoms. The van der Waals surface area contributed by atoms with Crippen LogP contribution in [0.3, 0.4) is 0 Å². The molecule has 0 aromatic heterocycles. The van der Waals surface area contributed by atoms with Gasteiger partial charge in [-0.25, -0.2) is 5.43 Å². The molecule has 0 spiro atoms. The molecule has 0 amide bonds. The average Bonchev–Trinajstić information content (AvgIpc) is 2.44. The lowest BCUT2D eigenvalue weighted by atomic mass is 9.94. The third-order valence-corrected chi connectivity index (χ3v) is 3.85. The monoisotopic (exact) mass is 268 g/mol. The van der Waals surface area contributed by atoms with E-state index in [9.17, 15) is 0 Å². The second kappa shape index (κ2) is 6.69. The van der Waals surface area contributed by atoms with E-state index in [0.717, 1.165) is 12.8 Å². The molecule has 2 aromatic rings. The predicted octanol–water partition coefficient (Wildman–Crippen LogP) is 3.81. The van der Waals surface area contributed by atoms with Crippen molar-refractivity contribution in [2.45, 2.75) is 39.7 Å². The van der Waals surface area contributed by atoms with Gasteiger partial charge in [-0.15, -0.1) is 0 Å². The summed E-state index contributed by atoms with van der Waals surface area (Å²) in [6.07, 6.45) is 2.27. The Morgan fingerprint density at radius 2 is 1.75 bits per heavy atom. The lowest BCUT2D eigenvalue weighted by Crippen LogP contribution is -2.29. The zero-order chi connectivity index (χ0) is 14.5. The maximum absolute atomic E-state index is 5.80. The minimum atomic E-state index is 0.0473. The molecule has 0 saturated carbocycles. The van der Waals surface area contributed by atoms with Crippen LogP contribution >= 0.6 is 0 Å². The van der Waals surface area contributed by atoms with Gasteiger partial charge in [0.05, 0.1) is 6.04 Å². The van der Waals surface area contributed by atoms with Gasteiger partial charge in [0.2, 0.25) is 0 Å². The van der Waals surface area contributed by atoms with Gasteiger partial charge >= 0.3 is 0 Å². The molecule has 1 atom stereocenters. The number of nitrogens with two attached hydrogens (primary N) is 1. The molecule has 3 N–H and O–H groups in total. The lowest BCUT2D eigenvalue weighted by molar-refractivity contribution is 0.635. The zero-order valence-electron chi connectivity index (χ0n) is 12.6. The van der Waals surface area contributed by atoms with E-state index in [-0.39, 0.29) is 6.04 Å². The highest BCUT2D eigenvalue weighted by Gasteiger charge is 2.13. The van der Waals surface area contributed by atoms with Crippen LogP contribution in [0, 0.1) is 13.8 Å². The van der Waals surface area contributed by atoms with Crippen molar-refractivity contribution in [2.75, 3.05) is 0 Å². The van der Waals surface area contributed by atoms with Crippen molar-refractivity contribution in [3.63, 3.8) is 0 Å². The van der Waals surface area contributed by atoms with Crippen molar-refractivity contribution in [2.24, 2.45) is 5.84 Å². The first-order valence-corrected chi connectivity index (χ1v) is 7.27. The van der Waals surface area contributed by atoms with Crippen LogP contribution in [0.5, 0.6) is 0 Å². The van der Waals surface area contributed by atoms with E-state index in [1.807, 2.05) is 0 Å². The maximum atomic E-state index is 5.80. The third-order valence-electron chi connectivity index (χ3n) is 3.85. The number of aryl methyl sites for hydroxylation is 3. The largest absolute Gasteiger partial charge is 0.271 e. The molecule has 20 heavy (non-hydrogen) atoms. The fourth-order valence-electron chi connectivity index (χ4n) is 2.55. The molecule has 0 aliphatic heterocycles. The third kappa shape index (κ3) is 3.27. The summed E-state index contributed by atoms with van der Waals surface area (Å²) < 4.78 is 0. The molecule has 0 saturated heterocycles. The van der Waals surface area contributed by atoms with Gasteiger partial charge in [-0.3, -0.25) is 5.84 Å². The summed E-state index contributed by atoms with van der Waals surface area (Å²) >= 11 is 0. The standard InChI is InChI=1S/C18H24N2/c1-4-6-15-7-5-8-16(12-15)18(20-19)17-10-9-13(2)14(3)11-17/h5,7-12,18,20H,4,6,19H2,1-3H3. The Labute approximate surface area is 122 Å². The van der Waals surface area contributed by atoms with Crippen LogP contribution in [-0.2, 0) is 6.42 Å². The number of benzene rings is 2. The molecule has 0 radical (unpaired) electrons. The maximum Gasteiger partial charge on any atom is 0.0710 e. The van der Waals surface area contributed by atoms with Crippen molar-refractivity contribution in [1.82, 2.24) is 5.43 Å². The van der Waals surface area contributed by atoms with Gasteiger partial charge in [-0.1, -0.05) is 55.8 Å². The van der Waals surface area contributed by atoms with Crippen LogP contribution in [0.25, 0.3) is 0 Å². The minimum absolute atomic E-state index is 0.0473. The fourth-order valence-corrected chi connectivity index (χ4v) is 2.55. The normalized spacial score (nSPS) is 12.4. The van der Waals surface area contributed by atoms with Gasteiger partial charge < -0.3 is 0 Å². The van der Waals surface area contributed by atoms with Crippen LogP contribution < -0.4 is 11.3 Å². The topological polar surface area (TPSA) is 38.0 Å². The zero-order valence-corrected chi connectivity index (χ0v) is 12.6. The van der Waals surface area contributed by atoms with Gasteiger partial charge in [0.25, 0.3) is 0 Å². The molecule has 0 heterocycles. The van der Waals surface area contributed by atoms with Crippen molar-refractivity contribution in [3.05, 3.63) is 70.3 Å². The van der Waals surface area contributed by atoms with Crippen molar-refractivity contribution in [3.8, 4) is 0 Å². The van der Waals surface area contributed by atoms with Gasteiger partial charge in [0.1, 0.15) is 0 Å². The second-order valence-corrected chi connectivity index (χ2v) is 5.44. The Morgan fingerprint density at radius 1 is 1.00 bits per heavy atom. The highest BCUT2D eigenvalue weighted by atomic mass is 15.2. The molecule has 1 unspecified atom stereocenters.